The van der Waals surface area contributed by atoms with Gasteiger partial charge in [-0.15, -0.1) is 0 Å². The number of aliphatic hydroxyl groups excluding tert-OH is 2. The van der Waals surface area contributed by atoms with Gasteiger partial charge in [0.05, 0.1) is 12.7 Å². The van der Waals surface area contributed by atoms with Crippen LogP contribution in [0.4, 0.5) is 5.82 Å². The fraction of sp³-hybridized carbons (Fsp3) is 0.636. The van der Waals surface area contributed by atoms with Crippen LogP contribution >= 0.6 is 0 Å². The van der Waals surface area contributed by atoms with Crippen molar-refractivity contribution < 1.29 is 14.9 Å². The van der Waals surface area contributed by atoms with Crippen LogP contribution < -0.4 is 11.4 Å². The SMILES string of the molecule is Nc1nc(=O)n([C@H]2CCC(CCO)O2)cc1CO. The molecular weight excluding hydrogens is 238 g/mol. The van der Waals surface area contributed by atoms with E-state index in [0.717, 1.165) is 6.42 Å². The highest BCUT2D eigenvalue weighted by atomic mass is 16.5. The van der Waals surface area contributed by atoms with E-state index in [1.54, 1.807) is 0 Å². The third-order valence-corrected chi connectivity index (χ3v) is 3.08. The zero-order valence-corrected chi connectivity index (χ0v) is 9.95. The zero-order chi connectivity index (χ0) is 13.1. The topological polar surface area (TPSA) is 111 Å². The molecule has 1 aliphatic rings. The molecule has 0 bridgehead atoms. The summed E-state index contributed by atoms with van der Waals surface area (Å²) < 4.78 is 7.00. The number of nitrogen functional groups attached to an aromatic ring is 1. The molecular formula is C11H17N3O4. The summed E-state index contributed by atoms with van der Waals surface area (Å²) in [7, 11) is 0. The number of ether oxygens (including phenoxy) is 1. The van der Waals surface area contributed by atoms with E-state index < -0.39 is 11.9 Å². The number of anilines is 1. The predicted octanol–water partition coefficient (Wildman–Crippen LogP) is -0.622. The minimum Gasteiger partial charge on any atom is -0.396 e. The van der Waals surface area contributed by atoms with Crippen molar-refractivity contribution in [1.82, 2.24) is 9.55 Å². The van der Waals surface area contributed by atoms with Crippen molar-refractivity contribution in [3.05, 3.63) is 22.2 Å². The summed E-state index contributed by atoms with van der Waals surface area (Å²) in [6, 6.07) is 0. The highest BCUT2D eigenvalue weighted by molar-refractivity contribution is 5.36. The maximum atomic E-state index is 11.7. The van der Waals surface area contributed by atoms with E-state index >= 15 is 0 Å². The molecule has 4 N–H and O–H groups in total. The van der Waals surface area contributed by atoms with Gasteiger partial charge in [0.1, 0.15) is 12.0 Å². The van der Waals surface area contributed by atoms with Gasteiger partial charge >= 0.3 is 5.69 Å². The minimum absolute atomic E-state index is 0.0398. The quantitative estimate of drug-likeness (QED) is 0.661. The lowest BCUT2D eigenvalue weighted by Crippen LogP contribution is -2.28. The Morgan fingerprint density at radius 1 is 1.50 bits per heavy atom. The number of aliphatic hydroxyl groups is 2. The average molecular weight is 255 g/mol. The molecule has 1 saturated heterocycles. The molecule has 2 heterocycles. The summed E-state index contributed by atoms with van der Waals surface area (Å²) in [5.41, 5.74) is 5.44. The summed E-state index contributed by atoms with van der Waals surface area (Å²) in [5, 5.41) is 17.9. The van der Waals surface area contributed by atoms with Crippen LogP contribution in [0.3, 0.4) is 0 Å². The molecule has 7 nitrogen and oxygen atoms in total. The minimum atomic E-state index is -0.487. The number of rotatable bonds is 4. The van der Waals surface area contributed by atoms with Crippen molar-refractivity contribution in [2.45, 2.75) is 38.2 Å². The Balaban J connectivity index is 2.21. The summed E-state index contributed by atoms with van der Waals surface area (Å²) >= 11 is 0. The molecule has 1 fully saturated rings. The summed E-state index contributed by atoms with van der Waals surface area (Å²) in [5.74, 6) is 0.0451. The molecule has 7 heteroatoms. The van der Waals surface area contributed by atoms with E-state index in [1.165, 1.54) is 10.8 Å². The van der Waals surface area contributed by atoms with Gasteiger partial charge in [-0.2, -0.15) is 4.98 Å². The second kappa shape index (κ2) is 5.47. The monoisotopic (exact) mass is 255 g/mol. The van der Waals surface area contributed by atoms with E-state index in [9.17, 15) is 4.79 Å². The Morgan fingerprint density at radius 2 is 2.28 bits per heavy atom. The van der Waals surface area contributed by atoms with Crippen LogP contribution in [0.5, 0.6) is 0 Å². The molecule has 0 aromatic carbocycles. The predicted molar refractivity (Wildman–Crippen MR) is 63.7 cm³/mol. The number of hydrogen-bond donors (Lipinski definition) is 3. The van der Waals surface area contributed by atoms with Crippen molar-refractivity contribution in [3.63, 3.8) is 0 Å². The second-order valence-corrected chi connectivity index (χ2v) is 4.30. The fourth-order valence-corrected chi connectivity index (χ4v) is 2.10. The third kappa shape index (κ3) is 2.53. The van der Waals surface area contributed by atoms with Gasteiger partial charge in [-0.3, -0.25) is 4.57 Å². The van der Waals surface area contributed by atoms with Gasteiger partial charge in [0, 0.05) is 18.4 Å². The van der Waals surface area contributed by atoms with Crippen LogP contribution in [-0.2, 0) is 11.3 Å². The van der Waals surface area contributed by atoms with Gasteiger partial charge in [0.25, 0.3) is 0 Å². The molecule has 1 unspecified atom stereocenters. The highest BCUT2D eigenvalue weighted by Crippen LogP contribution is 2.28. The van der Waals surface area contributed by atoms with Crippen molar-refractivity contribution in [2.75, 3.05) is 12.3 Å². The van der Waals surface area contributed by atoms with Gasteiger partial charge in [-0.25, -0.2) is 4.79 Å². The summed E-state index contributed by atoms with van der Waals surface area (Å²) in [6.45, 7) is -0.208. The van der Waals surface area contributed by atoms with Crippen LogP contribution in [0.25, 0.3) is 0 Å². The lowest BCUT2D eigenvalue weighted by atomic mass is 10.2. The Morgan fingerprint density at radius 3 is 2.94 bits per heavy atom. The molecule has 1 aliphatic heterocycles. The molecule has 1 aromatic heterocycles. The first kappa shape index (κ1) is 13.0. The van der Waals surface area contributed by atoms with Crippen molar-refractivity contribution in [3.8, 4) is 0 Å². The maximum absolute atomic E-state index is 11.7. The van der Waals surface area contributed by atoms with Gasteiger partial charge in [-0.05, 0) is 19.3 Å². The molecule has 100 valence electrons. The van der Waals surface area contributed by atoms with Crippen LogP contribution in [0, 0.1) is 0 Å². The first-order valence-corrected chi connectivity index (χ1v) is 5.90. The van der Waals surface area contributed by atoms with Gasteiger partial charge in [-0.1, -0.05) is 0 Å². The van der Waals surface area contributed by atoms with E-state index in [0.29, 0.717) is 18.4 Å². The van der Waals surface area contributed by atoms with E-state index in [1.807, 2.05) is 0 Å². The summed E-state index contributed by atoms with van der Waals surface area (Å²) in [4.78, 5) is 15.4. The lowest BCUT2D eigenvalue weighted by molar-refractivity contribution is -0.0104. The first-order valence-electron chi connectivity index (χ1n) is 5.90. The number of nitrogens with two attached hydrogens (primary N) is 1. The van der Waals surface area contributed by atoms with Gasteiger partial charge in [0.15, 0.2) is 0 Å². The van der Waals surface area contributed by atoms with E-state index in [-0.39, 0.29) is 25.1 Å². The molecule has 0 aliphatic carbocycles. The molecule has 2 atom stereocenters. The Hall–Kier alpha value is -1.44. The summed E-state index contributed by atoms with van der Waals surface area (Å²) in [6.07, 6.45) is 3.07. The van der Waals surface area contributed by atoms with Gasteiger partial charge < -0.3 is 20.7 Å². The standard InChI is InChI=1S/C11H17N3O4/c12-10-7(6-16)5-14(11(17)13-10)9-2-1-8(18-9)3-4-15/h5,8-9,15-16H,1-4,6H2,(H2,12,13,17)/t8?,9-/m1/s1. The largest absolute Gasteiger partial charge is 0.396 e. The van der Waals surface area contributed by atoms with Crippen LogP contribution in [0.1, 0.15) is 31.1 Å². The number of aromatic nitrogens is 2. The van der Waals surface area contributed by atoms with Crippen molar-refractivity contribution in [1.29, 1.82) is 0 Å². The molecule has 2 rings (SSSR count). The Kier molecular flexibility index (Phi) is 3.95. The van der Waals surface area contributed by atoms with E-state index in [4.69, 9.17) is 20.7 Å². The Bertz CT molecular complexity index is 474. The van der Waals surface area contributed by atoms with Gasteiger partial charge in [0.2, 0.25) is 0 Å². The molecule has 0 spiro atoms. The normalized spacial score (nSPS) is 23.4. The Labute approximate surface area is 104 Å². The fourth-order valence-electron chi connectivity index (χ4n) is 2.10. The van der Waals surface area contributed by atoms with Crippen LogP contribution in [-0.4, -0.2) is 32.5 Å². The molecule has 0 radical (unpaired) electrons. The highest BCUT2D eigenvalue weighted by Gasteiger charge is 2.27. The maximum Gasteiger partial charge on any atom is 0.351 e. The molecule has 18 heavy (non-hydrogen) atoms. The van der Waals surface area contributed by atoms with E-state index in [2.05, 4.69) is 4.98 Å². The molecule has 1 aromatic rings. The average Bonchev–Trinajstić information content (AvgIpc) is 2.78. The molecule has 0 amide bonds. The number of nitrogens with zero attached hydrogens (tertiary/aromatic N) is 2. The zero-order valence-electron chi connectivity index (χ0n) is 9.95. The third-order valence-electron chi connectivity index (χ3n) is 3.08. The number of hydrogen-bond acceptors (Lipinski definition) is 6. The van der Waals surface area contributed by atoms with Crippen molar-refractivity contribution >= 4 is 5.82 Å². The van der Waals surface area contributed by atoms with Crippen LogP contribution in [0.15, 0.2) is 11.0 Å². The smallest absolute Gasteiger partial charge is 0.351 e. The first-order chi connectivity index (χ1) is 8.65. The van der Waals surface area contributed by atoms with Crippen LogP contribution in [0.2, 0.25) is 0 Å². The molecule has 0 saturated carbocycles. The second-order valence-electron chi connectivity index (χ2n) is 4.30. The lowest BCUT2D eigenvalue weighted by Gasteiger charge is -2.16. The van der Waals surface area contributed by atoms with Crippen molar-refractivity contribution in [2.24, 2.45) is 0 Å².